The summed E-state index contributed by atoms with van der Waals surface area (Å²) >= 11 is 8.01. The molecular weight excluding hydrogens is 344 g/mol. The minimum atomic E-state index is 0.552. The SMILES string of the molecule is Br[C@@H]1[C@H]2C[C@H]3C[C@H]4[C@@H]5O[C@@H]1[C@@H]1[C@H]([C@H]5Br)[C@H]4[C@H]3[C@H]21. The molecule has 2 bridgehead atoms. The summed E-state index contributed by atoms with van der Waals surface area (Å²) < 4.78 is 6.56. The summed E-state index contributed by atoms with van der Waals surface area (Å²) in [4.78, 5) is 1.36. The Morgan fingerprint density at radius 1 is 0.706 bits per heavy atom. The molecule has 0 amide bonds. The van der Waals surface area contributed by atoms with Gasteiger partial charge in [-0.25, -0.2) is 0 Å². The molecule has 6 aliphatic rings. The second-order valence-corrected chi connectivity index (χ2v) is 9.51. The Balaban J connectivity index is 1.65. The zero-order chi connectivity index (χ0) is 11.0. The Hall–Kier alpha value is 0.920. The molecule has 0 aromatic rings. The summed E-state index contributed by atoms with van der Waals surface area (Å²) in [6.07, 6.45) is 4.12. The van der Waals surface area contributed by atoms with Crippen molar-refractivity contribution in [2.24, 2.45) is 47.3 Å². The van der Waals surface area contributed by atoms with Crippen LogP contribution in [0.4, 0.5) is 0 Å². The van der Waals surface area contributed by atoms with Crippen molar-refractivity contribution in [2.75, 3.05) is 0 Å². The maximum absolute atomic E-state index is 6.56. The first-order valence-corrected chi connectivity index (χ1v) is 9.04. The number of alkyl halides is 2. The predicted octanol–water partition coefficient (Wildman–Crippen LogP) is 3.06. The third kappa shape index (κ3) is 0.793. The molecule has 0 radical (unpaired) electrons. The topological polar surface area (TPSA) is 9.23 Å². The van der Waals surface area contributed by atoms with Crippen molar-refractivity contribution in [3.8, 4) is 0 Å². The molecule has 0 N–H and O–H groups in total. The minimum Gasteiger partial charge on any atom is -0.372 e. The van der Waals surface area contributed by atoms with Gasteiger partial charge in [-0.2, -0.15) is 0 Å². The van der Waals surface area contributed by atoms with Gasteiger partial charge in [0.25, 0.3) is 0 Å². The molecule has 92 valence electrons. The summed E-state index contributed by atoms with van der Waals surface area (Å²) in [7, 11) is 0. The van der Waals surface area contributed by atoms with Crippen LogP contribution in [0, 0.1) is 47.3 Å². The van der Waals surface area contributed by atoms with Gasteiger partial charge >= 0.3 is 0 Å². The van der Waals surface area contributed by atoms with E-state index >= 15 is 0 Å². The van der Waals surface area contributed by atoms with Crippen LogP contribution in [0.2, 0.25) is 0 Å². The molecule has 1 heterocycles. The fraction of sp³-hybridized carbons (Fsp3) is 1.00. The lowest BCUT2D eigenvalue weighted by Crippen LogP contribution is -2.44. The maximum Gasteiger partial charge on any atom is 0.0741 e. The molecule has 6 fully saturated rings. The van der Waals surface area contributed by atoms with E-state index in [0.29, 0.717) is 21.9 Å². The van der Waals surface area contributed by atoms with Crippen LogP contribution in [-0.4, -0.2) is 21.9 Å². The molecule has 0 aromatic carbocycles. The van der Waals surface area contributed by atoms with Crippen LogP contribution in [0.15, 0.2) is 0 Å². The third-order valence-electron chi connectivity index (χ3n) is 7.43. The van der Waals surface area contributed by atoms with Crippen LogP contribution in [0.25, 0.3) is 0 Å². The van der Waals surface area contributed by atoms with E-state index in [9.17, 15) is 0 Å². The van der Waals surface area contributed by atoms with Crippen molar-refractivity contribution in [3.05, 3.63) is 0 Å². The predicted molar refractivity (Wildman–Crippen MR) is 71.2 cm³/mol. The molecule has 0 aromatic heterocycles. The average molecular weight is 360 g/mol. The lowest BCUT2D eigenvalue weighted by molar-refractivity contribution is -0.0743. The molecule has 1 nitrogen and oxygen atoms in total. The first kappa shape index (κ1) is 9.77. The van der Waals surface area contributed by atoms with Crippen LogP contribution in [-0.2, 0) is 4.74 Å². The van der Waals surface area contributed by atoms with Crippen molar-refractivity contribution < 1.29 is 4.74 Å². The largest absolute Gasteiger partial charge is 0.372 e. The second-order valence-electron chi connectivity index (χ2n) is 7.40. The molecule has 17 heavy (non-hydrogen) atoms. The quantitative estimate of drug-likeness (QED) is 0.604. The van der Waals surface area contributed by atoms with E-state index in [1.807, 2.05) is 0 Å². The van der Waals surface area contributed by atoms with Crippen molar-refractivity contribution in [1.82, 2.24) is 0 Å². The summed E-state index contributed by atoms with van der Waals surface area (Å²) in [6.45, 7) is 0. The normalized spacial score (nSPS) is 80.8. The Morgan fingerprint density at radius 2 is 1.47 bits per heavy atom. The van der Waals surface area contributed by atoms with Crippen LogP contribution in [0.1, 0.15) is 12.8 Å². The number of rotatable bonds is 0. The Bertz CT molecular complexity index is 424. The summed E-state index contributed by atoms with van der Waals surface area (Å²) in [5.74, 6) is 7.96. The van der Waals surface area contributed by atoms with E-state index in [0.717, 1.165) is 47.3 Å². The monoisotopic (exact) mass is 358 g/mol. The van der Waals surface area contributed by atoms with Crippen molar-refractivity contribution in [2.45, 2.75) is 34.7 Å². The molecule has 5 aliphatic carbocycles. The van der Waals surface area contributed by atoms with E-state index in [2.05, 4.69) is 31.9 Å². The van der Waals surface area contributed by atoms with Gasteiger partial charge in [0.1, 0.15) is 0 Å². The van der Waals surface area contributed by atoms with E-state index in [1.165, 1.54) is 12.8 Å². The number of ether oxygens (including phenoxy) is 1. The highest BCUT2D eigenvalue weighted by Gasteiger charge is 2.78. The van der Waals surface area contributed by atoms with Crippen LogP contribution in [0.5, 0.6) is 0 Å². The summed E-state index contributed by atoms with van der Waals surface area (Å²) in [5.41, 5.74) is 0. The van der Waals surface area contributed by atoms with Gasteiger partial charge in [-0.05, 0) is 60.2 Å². The van der Waals surface area contributed by atoms with E-state index in [-0.39, 0.29) is 0 Å². The van der Waals surface area contributed by atoms with Crippen molar-refractivity contribution >= 4 is 31.9 Å². The van der Waals surface area contributed by atoms with E-state index in [1.54, 1.807) is 0 Å². The van der Waals surface area contributed by atoms with Crippen LogP contribution < -0.4 is 0 Å². The molecule has 1 saturated heterocycles. The molecule has 1 aliphatic heterocycles. The van der Waals surface area contributed by atoms with Gasteiger partial charge in [-0.15, -0.1) is 0 Å². The number of hydrogen-bond donors (Lipinski definition) is 0. The fourth-order valence-corrected chi connectivity index (χ4v) is 9.74. The highest BCUT2D eigenvalue weighted by molar-refractivity contribution is 9.09. The summed E-state index contributed by atoms with van der Waals surface area (Å²) in [6, 6.07) is 0. The fourth-order valence-electron chi connectivity index (χ4n) is 7.47. The first-order valence-electron chi connectivity index (χ1n) is 7.21. The lowest BCUT2D eigenvalue weighted by Gasteiger charge is -2.37. The summed E-state index contributed by atoms with van der Waals surface area (Å²) in [5, 5.41) is 0. The first-order chi connectivity index (χ1) is 8.27. The molecule has 0 spiro atoms. The zero-order valence-corrected chi connectivity index (χ0v) is 12.7. The van der Waals surface area contributed by atoms with Gasteiger partial charge in [0.15, 0.2) is 0 Å². The third-order valence-corrected chi connectivity index (χ3v) is 9.76. The number of fused-ring (bicyclic) bond motifs is 2. The standard InChI is InChI=1S/C14H16Br2O/c15-11-4-1-3-2-5-8-6(3)7(4)10-9(8)12(16)13(5)17-14(10)11/h3-14H,1-2H2/t3-,4-,5+,6+,7-,8+,9+,10-,11+,12+,13-,14+/m0/s1. The van der Waals surface area contributed by atoms with E-state index < -0.39 is 0 Å². The maximum atomic E-state index is 6.56. The van der Waals surface area contributed by atoms with Gasteiger partial charge in [0, 0.05) is 9.65 Å². The van der Waals surface area contributed by atoms with E-state index in [4.69, 9.17) is 4.74 Å². The van der Waals surface area contributed by atoms with Crippen molar-refractivity contribution in [3.63, 3.8) is 0 Å². The van der Waals surface area contributed by atoms with Gasteiger partial charge in [0.2, 0.25) is 0 Å². The van der Waals surface area contributed by atoms with Gasteiger partial charge in [-0.3, -0.25) is 0 Å². The molecule has 0 unspecified atom stereocenters. The average Bonchev–Trinajstić information content (AvgIpc) is 2.99. The Morgan fingerprint density at radius 3 is 2.35 bits per heavy atom. The van der Waals surface area contributed by atoms with Gasteiger partial charge in [0.05, 0.1) is 12.2 Å². The Kier molecular flexibility index (Phi) is 1.55. The molecular formula is C14H16Br2O. The molecule has 6 rings (SSSR count). The lowest BCUT2D eigenvalue weighted by atomic mass is 9.85. The van der Waals surface area contributed by atoms with Crippen LogP contribution in [0.3, 0.4) is 0 Å². The molecule has 5 saturated carbocycles. The van der Waals surface area contributed by atoms with Gasteiger partial charge < -0.3 is 4.74 Å². The minimum absolute atomic E-state index is 0.552. The second kappa shape index (κ2) is 2.69. The van der Waals surface area contributed by atoms with Crippen molar-refractivity contribution in [1.29, 1.82) is 0 Å². The smallest absolute Gasteiger partial charge is 0.0741 e. The zero-order valence-electron chi connectivity index (χ0n) is 9.51. The Labute approximate surface area is 118 Å². The number of hydrogen-bond acceptors (Lipinski definition) is 1. The highest BCUT2D eigenvalue weighted by atomic mass is 79.9. The number of halogens is 2. The molecule has 3 heteroatoms. The molecule has 12 atom stereocenters. The highest BCUT2D eigenvalue weighted by Crippen LogP contribution is 2.78. The van der Waals surface area contributed by atoms with Gasteiger partial charge in [-0.1, -0.05) is 31.9 Å². The van der Waals surface area contributed by atoms with Crippen LogP contribution >= 0.6 is 31.9 Å².